The van der Waals surface area contributed by atoms with Gasteiger partial charge in [0.05, 0.1) is 5.56 Å². The van der Waals surface area contributed by atoms with Gasteiger partial charge in [0.2, 0.25) is 0 Å². The molecule has 1 unspecified atom stereocenters. The molecule has 23 heavy (non-hydrogen) atoms. The van der Waals surface area contributed by atoms with Crippen LogP contribution in [0.25, 0.3) is 0 Å². The Balaban J connectivity index is 1.52. The molecule has 3 rings (SSSR count). The third-order valence-corrected chi connectivity index (χ3v) is 4.50. The highest BCUT2D eigenvalue weighted by Crippen LogP contribution is 2.21. The quantitative estimate of drug-likeness (QED) is 0.922. The number of carbonyl (C=O) groups is 1. The topological polar surface area (TPSA) is 52.2 Å². The van der Waals surface area contributed by atoms with Crippen molar-refractivity contribution in [3.63, 3.8) is 0 Å². The maximum atomic E-state index is 12.5. The number of aromatic nitrogens is 2. The zero-order valence-electron chi connectivity index (χ0n) is 13.8. The fourth-order valence-electron chi connectivity index (χ4n) is 3.33. The molecule has 122 valence electrons. The largest absolute Gasteiger partial charge is 0.365 e. The number of pyridine rings is 1. The van der Waals surface area contributed by atoms with E-state index in [0.29, 0.717) is 5.92 Å². The van der Waals surface area contributed by atoms with Gasteiger partial charge in [0, 0.05) is 50.5 Å². The van der Waals surface area contributed by atoms with E-state index < -0.39 is 0 Å². The Kier molecular flexibility index (Phi) is 4.76. The smallest absolute Gasteiger partial charge is 0.255 e. The number of aryl methyl sites for hydroxylation is 1. The van der Waals surface area contributed by atoms with Gasteiger partial charge in [-0.2, -0.15) is 0 Å². The first kappa shape index (κ1) is 15.7. The van der Waals surface area contributed by atoms with Crippen molar-refractivity contribution < 1.29 is 4.79 Å². The van der Waals surface area contributed by atoms with Crippen LogP contribution in [0.15, 0.2) is 36.8 Å². The lowest BCUT2D eigenvalue weighted by molar-refractivity contribution is 0.0783. The fourth-order valence-corrected chi connectivity index (χ4v) is 3.33. The summed E-state index contributed by atoms with van der Waals surface area (Å²) in [7, 11) is 2.13. The zero-order chi connectivity index (χ0) is 16.2. The molecule has 0 saturated carbocycles. The monoisotopic (exact) mass is 312 g/mol. The molecule has 1 N–H and O–H groups in total. The maximum Gasteiger partial charge on any atom is 0.255 e. The molecule has 0 aliphatic carbocycles. The summed E-state index contributed by atoms with van der Waals surface area (Å²) in [6.07, 6.45) is 6.62. The van der Waals surface area contributed by atoms with E-state index in [0.717, 1.165) is 43.9 Å². The number of H-pyrrole nitrogens is 1. The highest BCUT2D eigenvalue weighted by atomic mass is 16.2. The zero-order valence-corrected chi connectivity index (χ0v) is 13.8. The molecule has 1 amide bonds. The van der Waals surface area contributed by atoms with E-state index in [1.807, 2.05) is 36.4 Å². The molecule has 3 heterocycles. The van der Waals surface area contributed by atoms with E-state index in [2.05, 4.69) is 28.0 Å². The van der Waals surface area contributed by atoms with Gasteiger partial charge < -0.3 is 14.8 Å². The number of hydrogen-bond acceptors (Lipinski definition) is 3. The Bertz CT molecular complexity index is 652. The Hall–Kier alpha value is -2.14. The predicted octanol–water partition coefficient (Wildman–Crippen LogP) is 2.31. The summed E-state index contributed by atoms with van der Waals surface area (Å²) in [6.45, 7) is 5.55. The van der Waals surface area contributed by atoms with Gasteiger partial charge in [0.1, 0.15) is 0 Å². The number of rotatable bonds is 5. The summed E-state index contributed by atoms with van der Waals surface area (Å²) in [4.78, 5) is 24.1. The van der Waals surface area contributed by atoms with Gasteiger partial charge in [-0.1, -0.05) is 6.07 Å². The Labute approximate surface area is 137 Å². The molecule has 2 aromatic rings. The van der Waals surface area contributed by atoms with Crippen LogP contribution in [0.4, 0.5) is 0 Å². The van der Waals surface area contributed by atoms with Crippen LogP contribution < -0.4 is 0 Å². The van der Waals surface area contributed by atoms with Crippen LogP contribution in [0.1, 0.15) is 28.0 Å². The van der Waals surface area contributed by atoms with Crippen molar-refractivity contribution >= 4 is 5.91 Å². The van der Waals surface area contributed by atoms with Crippen molar-refractivity contribution in [2.45, 2.75) is 19.9 Å². The molecular weight excluding hydrogens is 288 g/mol. The second kappa shape index (κ2) is 6.96. The molecule has 1 aliphatic heterocycles. The van der Waals surface area contributed by atoms with Crippen molar-refractivity contribution in [1.29, 1.82) is 0 Å². The Morgan fingerprint density at radius 2 is 2.35 bits per heavy atom. The molecule has 1 fully saturated rings. The van der Waals surface area contributed by atoms with Crippen LogP contribution in [-0.4, -0.2) is 52.4 Å². The van der Waals surface area contributed by atoms with E-state index in [-0.39, 0.29) is 5.91 Å². The predicted molar refractivity (Wildman–Crippen MR) is 90.1 cm³/mol. The molecule has 1 saturated heterocycles. The van der Waals surface area contributed by atoms with Crippen LogP contribution in [0.5, 0.6) is 0 Å². The minimum atomic E-state index is 0.154. The summed E-state index contributed by atoms with van der Waals surface area (Å²) in [6, 6.07) is 5.94. The van der Waals surface area contributed by atoms with Gasteiger partial charge in [-0.05, 0) is 44.0 Å². The van der Waals surface area contributed by atoms with Gasteiger partial charge in [-0.25, -0.2) is 0 Å². The van der Waals surface area contributed by atoms with Crippen molar-refractivity contribution in [3.05, 3.63) is 53.6 Å². The van der Waals surface area contributed by atoms with Crippen LogP contribution >= 0.6 is 0 Å². The summed E-state index contributed by atoms with van der Waals surface area (Å²) in [5.74, 6) is 0.695. The number of likely N-dealkylation sites (tertiary alicyclic amines) is 1. The van der Waals surface area contributed by atoms with E-state index in [1.54, 1.807) is 6.20 Å². The van der Waals surface area contributed by atoms with Gasteiger partial charge >= 0.3 is 0 Å². The lowest BCUT2D eigenvalue weighted by Gasteiger charge is -2.21. The molecular formula is C18H24N4O. The maximum absolute atomic E-state index is 12.5. The molecule has 1 atom stereocenters. The number of amides is 1. The number of carbonyl (C=O) groups excluding carboxylic acids is 1. The highest BCUT2D eigenvalue weighted by Gasteiger charge is 2.28. The molecule has 5 nitrogen and oxygen atoms in total. The second-order valence-corrected chi connectivity index (χ2v) is 6.48. The Morgan fingerprint density at radius 1 is 1.48 bits per heavy atom. The lowest BCUT2D eigenvalue weighted by Crippen LogP contribution is -2.31. The van der Waals surface area contributed by atoms with Crippen molar-refractivity contribution in [2.24, 2.45) is 5.92 Å². The lowest BCUT2D eigenvalue weighted by atomic mass is 10.1. The van der Waals surface area contributed by atoms with Gasteiger partial charge in [-0.3, -0.25) is 9.78 Å². The van der Waals surface area contributed by atoms with E-state index in [4.69, 9.17) is 0 Å². The second-order valence-electron chi connectivity index (χ2n) is 6.48. The average Bonchev–Trinajstić information content (AvgIpc) is 3.16. The van der Waals surface area contributed by atoms with Crippen LogP contribution in [0, 0.1) is 12.8 Å². The molecule has 0 bridgehead atoms. The molecule has 0 aromatic carbocycles. The minimum Gasteiger partial charge on any atom is -0.365 e. The molecule has 0 spiro atoms. The molecule has 0 radical (unpaired) electrons. The third-order valence-electron chi connectivity index (χ3n) is 4.50. The van der Waals surface area contributed by atoms with Crippen LogP contribution in [-0.2, 0) is 6.54 Å². The van der Waals surface area contributed by atoms with Gasteiger partial charge in [-0.15, -0.1) is 0 Å². The first-order valence-corrected chi connectivity index (χ1v) is 8.14. The fraction of sp³-hybridized carbons (Fsp3) is 0.444. The van der Waals surface area contributed by atoms with Crippen LogP contribution in [0.2, 0.25) is 0 Å². The number of nitrogens with zero attached hydrogens (tertiary/aromatic N) is 3. The number of nitrogens with one attached hydrogen (secondary N) is 1. The summed E-state index contributed by atoms with van der Waals surface area (Å²) >= 11 is 0. The first-order chi connectivity index (χ1) is 11.1. The standard InChI is InChI=1S/C18H24N4O/c1-14-17(5-8-20-14)18(23)22-9-6-16(13-22)12-21(2)11-15-4-3-7-19-10-15/h3-5,7-8,10,16,20H,6,9,11-13H2,1-2H3. The van der Waals surface area contributed by atoms with Crippen molar-refractivity contribution in [2.75, 3.05) is 26.7 Å². The molecule has 1 aliphatic rings. The van der Waals surface area contributed by atoms with Crippen LogP contribution in [0.3, 0.4) is 0 Å². The normalized spacial score (nSPS) is 17.9. The molecule has 2 aromatic heterocycles. The number of hydrogen-bond donors (Lipinski definition) is 1. The minimum absolute atomic E-state index is 0.154. The SMILES string of the molecule is Cc1[nH]ccc1C(=O)N1CCC(CN(C)Cc2cccnc2)C1. The summed E-state index contributed by atoms with van der Waals surface area (Å²) in [5, 5.41) is 0. The highest BCUT2D eigenvalue weighted by molar-refractivity contribution is 5.95. The van der Waals surface area contributed by atoms with Crippen molar-refractivity contribution in [1.82, 2.24) is 19.8 Å². The van der Waals surface area contributed by atoms with Gasteiger partial charge in [0.25, 0.3) is 5.91 Å². The summed E-state index contributed by atoms with van der Waals surface area (Å²) < 4.78 is 0. The Morgan fingerprint density at radius 3 is 3.04 bits per heavy atom. The summed E-state index contributed by atoms with van der Waals surface area (Å²) in [5.41, 5.74) is 2.98. The van der Waals surface area contributed by atoms with E-state index in [1.165, 1.54) is 5.56 Å². The number of aromatic amines is 1. The molecule has 5 heteroatoms. The third kappa shape index (κ3) is 3.79. The average molecular weight is 312 g/mol. The van der Waals surface area contributed by atoms with Gasteiger partial charge in [0.15, 0.2) is 0 Å². The van der Waals surface area contributed by atoms with E-state index in [9.17, 15) is 4.79 Å². The first-order valence-electron chi connectivity index (χ1n) is 8.14. The van der Waals surface area contributed by atoms with E-state index >= 15 is 0 Å². The van der Waals surface area contributed by atoms with Crippen molar-refractivity contribution in [3.8, 4) is 0 Å².